The fourth-order valence-electron chi connectivity index (χ4n) is 10.5. The molecule has 0 fully saturated rings. The van der Waals surface area contributed by atoms with Crippen LogP contribution in [0.4, 0.5) is 0 Å². The lowest BCUT2D eigenvalue weighted by Gasteiger charge is -2.14. The number of pyridine rings is 1. The maximum Gasteiger partial charge on any atom is 0.0541 e. The summed E-state index contributed by atoms with van der Waals surface area (Å²) < 4.78 is 4.80. The lowest BCUT2D eigenvalue weighted by atomic mass is 9.92. The first-order valence-electron chi connectivity index (χ1n) is 23.3. The second kappa shape index (κ2) is 16.5. The number of dihydropyridines is 1. The molecule has 0 spiro atoms. The zero-order valence-corrected chi connectivity index (χ0v) is 37.2. The van der Waals surface area contributed by atoms with Crippen molar-refractivity contribution >= 4 is 49.2 Å². The number of allylic oxidation sites excluding steroid dienone is 2. The Morgan fingerprint density at radius 3 is 1.24 bits per heavy atom. The van der Waals surface area contributed by atoms with Gasteiger partial charge >= 0.3 is 0 Å². The maximum absolute atomic E-state index is 4.29. The normalized spacial score (nSPS) is 12.5. The summed E-state index contributed by atoms with van der Waals surface area (Å²) in [6, 6.07) is 80.0. The highest BCUT2D eigenvalue weighted by Gasteiger charge is 2.19. The summed E-state index contributed by atoms with van der Waals surface area (Å²) in [7, 11) is 0. The van der Waals surface area contributed by atoms with E-state index in [0.717, 1.165) is 23.5 Å². The summed E-state index contributed by atoms with van der Waals surface area (Å²) in [5.41, 5.74) is 21.4. The molecule has 68 heavy (non-hydrogen) atoms. The molecule has 0 unspecified atom stereocenters. The Bertz CT molecular complexity index is 3950. The van der Waals surface area contributed by atoms with Crippen LogP contribution in [-0.2, 0) is 0 Å². The van der Waals surface area contributed by atoms with Crippen molar-refractivity contribution in [2.45, 2.75) is 0 Å². The Labute approximate surface area is 395 Å². The number of rotatable bonds is 8. The number of para-hydroxylation sites is 2. The molecule has 0 amide bonds. The van der Waals surface area contributed by atoms with Gasteiger partial charge in [0.05, 0.1) is 22.1 Å². The summed E-state index contributed by atoms with van der Waals surface area (Å²) in [5, 5.41) is 8.20. The minimum atomic E-state index is 0.825. The van der Waals surface area contributed by atoms with Crippen LogP contribution in [0.2, 0.25) is 0 Å². The third kappa shape index (κ3) is 6.73. The molecule has 1 aliphatic heterocycles. The summed E-state index contributed by atoms with van der Waals surface area (Å²) in [6.07, 6.45) is 10.2. The van der Waals surface area contributed by atoms with Gasteiger partial charge in [0.1, 0.15) is 0 Å². The van der Waals surface area contributed by atoms with Gasteiger partial charge in [0.25, 0.3) is 0 Å². The molecule has 0 aliphatic carbocycles. The fourth-order valence-corrected chi connectivity index (χ4v) is 10.5. The molecule has 1 N–H and O–H groups in total. The van der Waals surface area contributed by atoms with Crippen molar-refractivity contribution in [1.29, 1.82) is 0 Å². The molecule has 12 aromatic rings. The number of nitrogens with one attached hydrogen (secondary N) is 1. The van der Waals surface area contributed by atoms with Gasteiger partial charge in [-0.2, -0.15) is 0 Å². The number of hydrogen-bond acceptors (Lipinski definition) is 2. The van der Waals surface area contributed by atoms with Gasteiger partial charge in [0.2, 0.25) is 0 Å². The first-order chi connectivity index (χ1) is 33.7. The highest BCUT2D eigenvalue weighted by Crippen LogP contribution is 2.42. The minimum absolute atomic E-state index is 0.825. The first kappa shape index (κ1) is 39.4. The van der Waals surface area contributed by atoms with Crippen LogP contribution in [0.5, 0.6) is 0 Å². The molecule has 0 bridgehead atoms. The summed E-state index contributed by atoms with van der Waals surface area (Å²) in [5.74, 6) is 0. The van der Waals surface area contributed by atoms with E-state index in [-0.39, 0.29) is 0 Å². The van der Waals surface area contributed by atoms with Crippen LogP contribution in [0.1, 0.15) is 5.56 Å². The minimum Gasteiger partial charge on any atom is -0.387 e. The predicted molar refractivity (Wildman–Crippen MR) is 285 cm³/mol. The Hall–Kier alpha value is -8.99. The third-order valence-electron chi connectivity index (χ3n) is 13.7. The van der Waals surface area contributed by atoms with Crippen LogP contribution in [0.25, 0.3) is 116 Å². The van der Waals surface area contributed by atoms with Crippen LogP contribution in [0.15, 0.2) is 249 Å². The largest absolute Gasteiger partial charge is 0.387 e. The second-order valence-electron chi connectivity index (χ2n) is 17.6. The van der Waals surface area contributed by atoms with Crippen molar-refractivity contribution in [3.8, 4) is 67.0 Å². The highest BCUT2D eigenvalue weighted by atomic mass is 15.0. The Kier molecular flexibility index (Phi) is 9.54. The predicted octanol–water partition coefficient (Wildman–Crippen LogP) is 16.1. The summed E-state index contributed by atoms with van der Waals surface area (Å²) in [6.45, 7) is 0.825. The van der Waals surface area contributed by atoms with Crippen LogP contribution in [0.3, 0.4) is 0 Å². The zero-order valence-electron chi connectivity index (χ0n) is 37.2. The van der Waals surface area contributed by atoms with Crippen LogP contribution in [0, 0.1) is 0 Å². The van der Waals surface area contributed by atoms with Crippen LogP contribution in [-0.4, -0.2) is 20.7 Å². The van der Waals surface area contributed by atoms with Gasteiger partial charge in [-0.3, -0.25) is 4.98 Å². The van der Waals surface area contributed by atoms with Crippen molar-refractivity contribution in [3.63, 3.8) is 0 Å². The standard InChI is InChI=1S/C64H44N4/c1-3-14-51(15-4-1)67-61-26-22-47(39-57(61)59-41-49(24-28-63(59)67)55-20-9-7-18-53(55)43-30-34-65-35-31-43)45-12-11-13-46(38-45)48-23-27-62-58(40-48)60-42-50(25-29-64(60)68(62)52-16-5-2-6-17-52)56-21-10-8-19-54(56)44-32-36-66-37-33-44/h1-36,38-42,66H,37H2. The lowest BCUT2D eigenvalue weighted by molar-refractivity contribution is 0.976. The van der Waals surface area contributed by atoms with Gasteiger partial charge < -0.3 is 14.5 Å². The van der Waals surface area contributed by atoms with Crippen molar-refractivity contribution < 1.29 is 0 Å². The van der Waals surface area contributed by atoms with Crippen molar-refractivity contribution in [2.75, 3.05) is 6.54 Å². The van der Waals surface area contributed by atoms with Crippen molar-refractivity contribution in [2.24, 2.45) is 0 Å². The molecule has 0 radical (unpaired) electrons. The van der Waals surface area contributed by atoms with E-state index in [1.54, 1.807) is 0 Å². The molecule has 1 aliphatic rings. The van der Waals surface area contributed by atoms with Crippen LogP contribution < -0.4 is 5.32 Å². The fraction of sp³-hybridized carbons (Fsp3) is 0.0156. The lowest BCUT2D eigenvalue weighted by Crippen LogP contribution is -2.08. The molecule has 4 heterocycles. The molecule has 320 valence electrons. The van der Waals surface area contributed by atoms with Gasteiger partial charge in [-0.1, -0.05) is 133 Å². The van der Waals surface area contributed by atoms with E-state index in [2.05, 4.69) is 250 Å². The SMILES string of the molecule is C1=CC(c2ccccc2-c2ccc3c(c2)c2cc(-c4cccc(-c5ccc6c(c5)c5cc(-c7ccccc7-c7ccncc7)ccc5n6-c5ccccc5)c4)ccc2n3-c2ccccc2)=CCN1. The van der Waals surface area contributed by atoms with E-state index in [1.165, 1.54) is 105 Å². The average Bonchev–Trinajstić information content (AvgIpc) is 3.93. The number of aromatic nitrogens is 3. The molecule has 0 saturated heterocycles. The molecule has 0 atom stereocenters. The Morgan fingerprint density at radius 1 is 0.338 bits per heavy atom. The molecule has 4 nitrogen and oxygen atoms in total. The molecular formula is C64H44N4. The molecule has 0 saturated carbocycles. The quantitative estimate of drug-likeness (QED) is 0.165. The van der Waals surface area contributed by atoms with Gasteiger partial charge in [-0.05, 0) is 170 Å². The van der Waals surface area contributed by atoms with E-state index in [4.69, 9.17) is 0 Å². The number of nitrogens with zero attached hydrogens (tertiary/aromatic N) is 3. The summed E-state index contributed by atoms with van der Waals surface area (Å²) in [4.78, 5) is 4.29. The molecule has 13 rings (SSSR count). The van der Waals surface area contributed by atoms with Crippen molar-refractivity contribution in [3.05, 3.63) is 255 Å². The number of benzene rings is 9. The highest BCUT2D eigenvalue weighted by molar-refractivity contribution is 6.13. The average molecular weight is 869 g/mol. The van der Waals surface area contributed by atoms with E-state index in [1.807, 2.05) is 18.6 Å². The van der Waals surface area contributed by atoms with E-state index >= 15 is 0 Å². The number of hydrogen-bond donors (Lipinski definition) is 1. The topological polar surface area (TPSA) is 34.8 Å². The molecule has 3 aromatic heterocycles. The van der Waals surface area contributed by atoms with E-state index in [0.29, 0.717) is 0 Å². The molecular weight excluding hydrogens is 825 g/mol. The maximum atomic E-state index is 4.29. The van der Waals surface area contributed by atoms with E-state index in [9.17, 15) is 0 Å². The Balaban J connectivity index is 0.947. The van der Waals surface area contributed by atoms with E-state index < -0.39 is 0 Å². The molecule has 4 heteroatoms. The second-order valence-corrected chi connectivity index (χ2v) is 17.6. The summed E-state index contributed by atoms with van der Waals surface area (Å²) >= 11 is 0. The molecule has 9 aromatic carbocycles. The van der Waals surface area contributed by atoms with Gasteiger partial charge in [0.15, 0.2) is 0 Å². The first-order valence-corrected chi connectivity index (χ1v) is 23.3. The number of fused-ring (bicyclic) bond motifs is 6. The van der Waals surface area contributed by atoms with Crippen LogP contribution >= 0.6 is 0 Å². The van der Waals surface area contributed by atoms with Gasteiger partial charge in [-0.25, -0.2) is 0 Å². The third-order valence-corrected chi connectivity index (χ3v) is 13.7. The zero-order chi connectivity index (χ0) is 45.0. The van der Waals surface area contributed by atoms with Gasteiger partial charge in [0, 0.05) is 51.9 Å². The van der Waals surface area contributed by atoms with Gasteiger partial charge in [-0.15, -0.1) is 0 Å². The Morgan fingerprint density at radius 2 is 0.750 bits per heavy atom. The monoisotopic (exact) mass is 868 g/mol. The smallest absolute Gasteiger partial charge is 0.0541 e. The van der Waals surface area contributed by atoms with Crippen molar-refractivity contribution in [1.82, 2.24) is 19.4 Å².